The van der Waals surface area contributed by atoms with Gasteiger partial charge in [-0.25, -0.2) is 0 Å². The van der Waals surface area contributed by atoms with Gasteiger partial charge in [0.1, 0.15) is 13.2 Å². The van der Waals surface area contributed by atoms with Crippen molar-refractivity contribution in [1.82, 2.24) is 0 Å². The van der Waals surface area contributed by atoms with Crippen molar-refractivity contribution >= 4 is 17.9 Å². The molecule has 0 aliphatic carbocycles. The van der Waals surface area contributed by atoms with E-state index in [4.69, 9.17) is 14.2 Å². The maximum atomic E-state index is 12.7. The van der Waals surface area contributed by atoms with Crippen LogP contribution in [0.15, 0.2) is 48.6 Å². The Kier molecular flexibility index (Phi) is 43.0. The highest BCUT2D eigenvalue weighted by atomic mass is 16.6. The van der Waals surface area contributed by atoms with Gasteiger partial charge in [0.05, 0.1) is 0 Å². The molecule has 324 valence electrons. The molecule has 0 heterocycles. The van der Waals surface area contributed by atoms with Crippen LogP contribution in [0, 0.1) is 0 Å². The summed E-state index contributed by atoms with van der Waals surface area (Å²) in [6, 6.07) is 0. The third kappa shape index (κ3) is 42.5. The van der Waals surface area contributed by atoms with Gasteiger partial charge >= 0.3 is 17.9 Å². The van der Waals surface area contributed by atoms with Gasteiger partial charge in [-0.15, -0.1) is 0 Å². The Morgan fingerprint density at radius 3 is 1.07 bits per heavy atom. The van der Waals surface area contributed by atoms with Gasteiger partial charge in [-0.2, -0.15) is 0 Å². The second-order valence-electron chi connectivity index (χ2n) is 15.7. The molecular weight excluding hydrogens is 697 g/mol. The molecule has 0 bridgehead atoms. The fourth-order valence-electron chi connectivity index (χ4n) is 6.43. The topological polar surface area (TPSA) is 78.9 Å². The Bertz CT molecular complexity index is 996. The van der Waals surface area contributed by atoms with E-state index in [2.05, 4.69) is 69.4 Å². The van der Waals surface area contributed by atoms with Crippen LogP contribution in [0.5, 0.6) is 0 Å². The van der Waals surface area contributed by atoms with Crippen molar-refractivity contribution in [2.45, 2.75) is 239 Å². The third-order valence-electron chi connectivity index (χ3n) is 10.1. The molecule has 0 fully saturated rings. The molecule has 0 aliphatic rings. The number of allylic oxidation sites excluding steroid dienone is 8. The number of carbonyl (C=O) groups is 3. The second kappa shape index (κ2) is 45.1. The summed E-state index contributed by atoms with van der Waals surface area (Å²) in [4.78, 5) is 37.5. The summed E-state index contributed by atoms with van der Waals surface area (Å²) < 4.78 is 16.6. The van der Waals surface area contributed by atoms with Crippen molar-refractivity contribution < 1.29 is 28.6 Å². The predicted octanol–water partition coefficient (Wildman–Crippen LogP) is 15.1. The van der Waals surface area contributed by atoms with Gasteiger partial charge in [0.15, 0.2) is 6.10 Å². The van der Waals surface area contributed by atoms with E-state index in [9.17, 15) is 14.4 Å². The minimum atomic E-state index is -0.776. The highest BCUT2D eigenvalue weighted by Crippen LogP contribution is 2.14. The summed E-state index contributed by atoms with van der Waals surface area (Å²) in [6.07, 6.45) is 52.6. The van der Waals surface area contributed by atoms with Crippen LogP contribution in [0.3, 0.4) is 0 Å². The summed E-state index contributed by atoms with van der Waals surface area (Å²) in [5.74, 6) is -0.912. The molecule has 1 atom stereocenters. The summed E-state index contributed by atoms with van der Waals surface area (Å²) in [5.41, 5.74) is 0. The molecule has 0 saturated heterocycles. The average Bonchev–Trinajstić information content (AvgIpc) is 3.19. The highest BCUT2D eigenvalue weighted by molar-refractivity contribution is 5.71. The number of carbonyl (C=O) groups excluding carboxylic acids is 3. The molecule has 0 saturated carbocycles. The summed E-state index contributed by atoms with van der Waals surface area (Å²) in [5, 5.41) is 0. The number of hydrogen-bond donors (Lipinski definition) is 0. The number of esters is 3. The van der Waals surface area contributed by atoms with Crippen LogP contribution < -0.4 is 0 Å². The van der Waals surface area contributed by atoms with Crippen molar-refractivity contribution in [3.63, 3.8) is 0 Å². The van der Waals surface area contributed by atoms with Gasteiger partial charge in [-0.3, -0.25) is 14.4 Å². The number of unbranched alkanes of at least 4 members (excludes halogenated alkanes) is 23. The summed E-state index contributed by atoms with van der Waals surface area (Å²) in [6.45, 7) is 6.47. The summed E-state index contributed by atoms with van der Waals surface area (Å²) in [7, 11) is 0. The molecule has 0 aliphatic heterocycles. The molecule has 0 amide bonds. The zero-order valence-electron chi connectivity index (χ0n) is 36.9. The molecule has 6 heteroatoms. The number of hydrogen-bond acceptors (Lipinski definition) is 6. The Balaban J connectivity index is 4.20. The first kappa shape index (κ1) is 53.4. The van der Waals surface area contributed by atoms with E-state index < -0.39 is 6.10 Å². The Labute approximate surface area is 346 Å². The third-order valence-corrected chi connectivity index (χ3v) is 10.1. The number of rotatable bonds is 42. The molecule has 0 N–H and O–H groups in total. The van der Waals surface area contributed by atoms with Crippen molar-refractivity contribution in [3.05, 3.63) is 48.6 Å². The van der Waals surface area contributed by atoms with Crippen LogP contribution in [0.25, 0.3) is 0 Å². The molecule has 0 radical (unpaired) electrons. The van der Waals surface area contributed by atoms with E-state index >= 15 is 0 Å². The largest absolute Gasteiger partial charge is 0.462 e. The molecule has 1 unspecified atom stereocenters. The molecule has 6 nitrogen and oxygen atoms in total. The van der Waals surface area contributed by atoms with Crippen LogP contribution in [0.1, 0.15) is 233 Å². The van der Waals surface area contributed by atoms with E-state index in [1.54, 1.807) is 0 Å². The Hall–Kier alpha value is -2.63. The van der Waals surface area contributed by atoms with E-state index in [0.717, 1.165) is 96.3 Å². The summed E-state index contributed by atoms with van der Waals surface area (Å²) >= 11 is 0. The molecule has 0 spiro atoms. The van der Waals surface area contributed by atoms with Crippen LogP contribution >= 0.6 is 0 Å². The lowest BCUT2D eigenvalue weighted by atomic mass is 10.1. The maximum Gasteiger partial charge on any atom is 0.306 e. The van der Waals surface area contributed by atoms with E-state index in [1.165, 1.54) is 96.3 Å². The Morgan fingerprint density at radius 2 is 0.661 bits per heavy atom. The molecule has 0 rings (SSSR count). The van der Waals surface area contributed by atoms with Gasteiger partial charge in [-0.05, 0) is 77.0 Å². The predicted molar refractivity (Wildman–Crippen MR) is 238 cm³/mol. The molecule has 0 aromatic rings. The minimum Gasteiger partial charge on any atom is -0.462 e. The minimum absolute atomic E-state index is 0.0809. The lowest BCUT2D eigenvalue weighted by molar-refractivity contribution is -0.167. The van der Waals surface area contributed by atoms with Gasteiger partial charge in [0.2, 0.25) is 0 Å². The number of ether oxygens (including phenoxy) is 3. The van der Waals surface area contributed by atoms with Gasteiger partial charge in [0.25, 0.3) is 0 Å². The smallest absolute Gasteiger partial charge is 0.306 e. The molecular formula is C50H88O6. The van der Waals surface area contributed by atoms with Crippen LogP contribution in [0.2, 0.25) is 0 Å². The quantitative estimate of drug-likeness (QED) is 0.0265. The van der Waals surface area contributed by atoms with E-state index in [-0.39, 0.29) is 31.1 Å². The van der Waals surface area contributed by atoms with Gasteiger partial charge in [0, 0.05) is 19.3 Å². The first-order chi connectivity index (χ1) is 27.5. The second-order valence-corrected chi connectivity index (χ2v) is 15.7. The first-order valence-corrected chi connectivity index (χ1v) is 23.6. The molecule has 0 aromatic heterocycles. The van der Waals surface area contributed by atoms with Crippen LogP contribution in [0.4, 0.5) is 0 Å². The van der Waals surface area contributed by atoms with E-state index in [1.807, 2.05) is 0 Å². The van der Waals surface area contributed by atoms with Crippen molar-refractivity contribution in [2.24, 2.45) is 0 Å². The molecule has 0 aromatic carbocycles. The zero-order chi connectivity index (χ0) is 40.8. The van der Waals surface area contributed by atoms with Gasteiger partial charge < -0.3 is 14.2 Å². The first-order valence-electron chi connectivity index (χ1n) is 23.6. The zero-order valence-corrected chi connectivity index (χ0v) is 36.9. The van der Waals surface area contributed by atoms with Gasteiger partial charge in [-0.1, -0.05) is 185 Å². The maximum absolute atomic E-state index is 12.7. The SMILES string of the molecule is CCCC/C=C\C/C=C\CCCCCCCC(=O)OC(COC(=O)CCCCCCC)COC(=O)CCCCCCCCCCC/C=C\C/C=C\CCCCC. The standard InChI is InChI=1S/C50H88O6/c1-4-7-10-13-15-17-19-21-23-24-25-26-27-29-30-32-34-37-40-43-49(52)55-46-47(45-54-48(51)42-39-36-12-9-6-3)56-50(53)44-41-38-35-33-31-28-22-20-18-16-14-11-8-5-2/h14-17,20-23,47H,4-13,18-19,24-46H2,1-3H3/b16-14-,17-15-,22-20-,23-21-. The fourth-order valence-corrected chi connectivity index (χ4v) is 6.43. The average molecular weight is 785 g/mol. The Morgan fingerprint density at radius 1 is 0.357 bits per heavy atom. The van der Waals surface area contributed by atoms with E-state index in [0.29, 0.717) is 19.3 Å². The van der Waals surface area contributed by atoms with Crippen molar-refractivity contribution in [1.29, 1.82) is 0 Å². The molecule has 56 heavy (non-hydrogen) atoms. The normalized spacial score (nSPS) is 12.4. The van der Waals surface area contributed by atoms with Crippen molar-refractivity contribution in [2.75, 3.05) is 13.2 Å². The lowest BCUT2D eigenvalue weighted by Gasteiger charge is -2.18. The highest BCUT2D eigenvalue weighted by Gasteiger charge is 2.19. The monoisotopic (exact) mass is 785 g/mol. The van der Waals surface area contributed by atoms with Crippen LogP contribution in [-0.2, 0) is 28.6 Å². The van der Waals surface area contributed by atoms with Crippen molar-refractivity contribution in [3.8, 4) is 0 Å². The fraction of sp³-hybridized carbons (Fsp3) is 0.780. The lowest BCUT2D eigenvalue weighted by Crippen LogP contribution is -2.30. The van der Waals surface area contributed by atoms with Crippen LogP contribution in [-0.4, -0.2) is 37.2 Å².